The Balaban J connectivity index is 0. The Hall–Kier alpha value is 0.166. The van der Waals surface area contributed by atoms with Crippen molar-refractivity contribution in [2.24, 2.45) is 0 Å². The fourth-order valence-electron chi connectivity index (χ4n) is 0.748. The standard InChI is InChI=1S/C9H9O.BrH.Mg/c10-8-4-7-9-5-2-1-3-6-9;;/h1-7H,8H2;1H;/q-1;;+2/p-1/b7-4+;;. The van der Waals surface area contributed by atoms with Gasteiger partial charge in [0.1, 0.15) is 0 Å². The molecule has 0 unspecified atom stereocenters. The molecule has 1 aromatic rings. The normalized spacial score (nSPS) is 8.75. The minimum atomic E-state index is -0.144. The van der Waals surface area contributed by atoms with Gasteiger partial charge in [-0.05, 0) is 5.56 Å². The van der Waals surface area contributed by atoms with Crippen molar-refractivity contribution in [3.63, 3.8) is 0 Å². The zero-order valence-electron chi connectivity index (χ0n) is 6.74. The first-order valence-electron chi connectivity index (χ1n) is 3.23. The summed E-state index contributed by atoms with van der Waals surface area (Å²) in [4.78, 5) is 0. The van der Waals surface area contributed by atoms with E-state index in [1.54, 1.807) is 6.08 Å². The zero-order chi connectivity index (χ0) is 7.23. The SMILES string of the molecule is [Br-].[Mg+2].[O-]C/C=C/c1ccccc1. The summed E-state index contributed by atoms with van der Waals surface area (Å²) in [7, 11) is 0. The van der Waals surface area contributed by atoms with Crippen LogP contribution < -0.4 is 22.1 Å². The van der Waals surface area contributed by atoms with Crippen molar-refractivity contribution in [2.75, 3.05) is 6.61 Å². The van der Waals surface area contributed by atoms with Gasteiger partial charge in [0.25, 0.3) is 0 Å². The summed E-state index contributed by atoms with van der Waals surface area (Å²) in [5, 5.41) is 10.0. The molecule has 0 amide bonds. The topological polar surface area (TPSA) is 23.1 Å². The van der Waals surface area contributed by atoms with Gasteiger partial charge in [-0.3, -0.25) is 0 Å². The average Bonchev–Trinajstić information content (AvgIpc) is 2.03. The van der Waals surface area contributed by atoms with Crippen LogP contribution in [0.1, 0.15) is 5.56 Å². The van der Waals surface area contributed by atoms with Gasteiger partial charge in [-0.1, -0.05) is 36.4 Å². The molecule has 0 saturated heterocycles. The number of hydrogen-bond donors (Lipinski definition) is 0. The molecule has 0 saturated carbocycles. The maximum absolute atomic E-state index is 10.0. The number of hydrogen-bond acceptors (Lipinski definition) is 1. The van der Waals surface area contributed by atoms with Gasteiger partial charge in [0.15, 0.2) is 0 Å². The van der Waals surface area contributed by atoms with E-state index in [2.05, 4.69) is 0 Å². The first-order chi connectivity index (χ1) is 4.93. The van der Waals surface area contributed by atoms with E-state index in [1.807, 2.05) is 36.4 Å². The van der Waals surface area contributed by atoms with Crippen LogP contribution in [0.5, 0.6) is 0 Å². The predicted molar refractivity (Wildman–Crippen MR) is 46.1 cm³/mol. The van der Waals surface area contributed by atoms with Gasteiger partial charge in [0, 0.05) is 0 Å². The Morgan fingerprint density at radius 3 is 2.25 bits per heavy atom. The molecule has 1 aromatic carbocycles. The van der Waals surface area contributed by atoms with Crippen molar-refractivity contribution in [2.45, 2.75) is 0 Å². The summed E-state index contributed by atoms with van der Waals surface area (Å²) < 4.78 is 0. The van der Waals surface area contributed by atoms with Crippen LogP contribution in [0, 0.1) is 0 Å². The second kappa shape index (κ2) is 9.26. The molecule has 0 fully saturated rings. The predicted octanol–water partition coefficient (Wildman–Crippen LogP) is -2.32. The van der Waals surface area contributed by atoms with Crippen molar-refractivity contribution >= 4 is 29.1 Å². The molecule has 0 heterocycles. The van der Waals surface area contributed by atoms with Gasteiger partial charge < -0.3 is 22.1 Å². The van der Waals surface area contributed by atoms with Crippen molar-refractivity contribution in [1.82, 2.24) is 0 Å². The third-order valence-corrected chi connectivity index (χ3v) is 1.21. The van der Waals surface area contributed by atoms with Crippen LogP contribution >= 0.6 is 0 Å². The molecule has 0 aromatic heterocycles. The minimum absolute atomic E-state index is 0. The van der Waals surface area contributed by atoms with Crippen molar-refractivity contribution in [1.29, 1.82) is 0 Å². The maximum atomic E-state index is 10.0. The molecule has 0 aliphatic rings. The van der Waals surface area contributed by atoms with Crippen LogP contribution in [0.15, 0.2) is 36.4 Å². The molecule has 0 aliphatic carbocycles. The molecule has 0 radical (unpaired) electrons. The maximum Gasteiger partial charge on any atom is 2.00 e. The number of benzene rings is 1. The second-order valence-electron chi connectivity index (χ2n) is 1.98. The van der Waals surface area contributed by atoms with Crippen LogP contribution in [-0.2, 0) is 0 Å². The second-order valence-corrected chi connectivity index (χ2v) is 1.98. The van der Waals surface area contributed by atoms with Gasteiger partial charge in [-0.25, -0.2) is 0 Å². The molecule has 0 atom stereocenters. The Kier molecular flexibility index (Phi) is 11.3. The van der Waals surface area contributed by atoms with Crippen LogP contribution in [0.25, 0.3) is 6.08 Å². The van der Waals surface area contributed by atoms with E-state index in [-0.39, 0.29) is 46.6 Å². The summed E-state index contributed by atoms with van der Waals surface area (Å²) >= 11 is 0. The Bertz CT molecular complexity index is 211. The fourth-order valence-corrected chi connectivity index (χ4v) is 0.748. The summed E-state index contributed by atoms with van der Waals surface area (Å²) in [6.45, 7) is -0.144. The molecule has 1 nitrogen and oxygen atoms in total. The van der Waals surface area contributed by atoms with Crippen LogP contribution in [0.4, 0.5) is 0 Å². The Labute approximate surface area is 99.4 Å². The van der Waals surface area contributed by atoms with E-state index in [0.717, 1.165) is 5.56 Å². The van der Waals surface area contributed by atoms with E-state index in [0.29, 0.717) is 0 Å². The van der Waals surface area contributed by atoms with Crippen LogP contribution in [-0.4, -0.2) is 29.7 Å². The molecule has 0 aliphatic heterocycles. The van der Waals surface area contributed by atoms with Crippen LogP contribution in [0.3, 0.4) is 0 Å². The van der Waals surface area contributed by atoms with E-state index in [4.69, 9.17) is 0 Å². The van der Waals surface area contributed by atoms with E-state index in [9.17, 15) is 5.11 Å². The number of rotatable bonds is 2. The summed E-state index contributed by atoms with van der Waals surface area (Å²) in [5.74, 6) is 0. The van der Waals surface area contributed by atoms with Crippen molar-refractivity contribution < 1.29 is 22.1 Å². The molecule has 3 heteroatoms. The third kappa shape index (κ3) is 5.77. The van der Waals surface area contributed by atoms with Gasteiger partial charge in [0.2, 0.25) is 0 Å². The molecule has 0 N–H and O–H groups in total. The zero-order valence-corrected chi connectivity index (χ0v) is 9.74. The third-order valence-electron chi connectivity index (χ3n) is 1.21. The smallest absolute Gasteiger partial charge is 1.00 e. The van der Waals surface area contributed by atoms with Gasteiger partial charge in [-0.15, -0.1) is 12.7 Å². The van der Waals surface area contributed by atoms with Gasteiger partial charge in [0.05, 0.1) is 0 Å². The fraction of sp³-hybridized carbons (Fsp3) is 0.111. The Morgan fingerprint density at radius 1 is 1.17 bits per heavy atom. The van der Waals surface area contributed by atoms with Crippen molar-refractivity contribution in [3.8, 4) is 0 Å². The quantitative estimate of drug-likeness (QED) is 0.530. The summed E-state index contributed by atoms with van der Waals surface area (Å²) in [6, 6.07) is 9.78. The molecule has 0 bridgehead atoms. The van der Waals surface area contributed by atoms with Gasteiger partial charge >= 0.3 is 23.1 Å². The Morgan fingerprint density at radius 2 is 1.75 bits per heavy atom. The van der Waals surface area contributed by atoms with Gasteiger partial charge in [-0.2, -0.15) is 0 Å². The summed E-state index contributed by atoms with van der Waals surface area (Å²) in [5.41, 5.74) is 1.08. The molecular formula is C9H9BrMgO. The van der Waals surface area contributed by atoms with E-state index >= 15 is 0 Å². The largest absolute Gasteiger partial charge is 2.00 e. The average molecular weight is 237 g/mol. The first kappa shape index (κ1) is 14.7. The molecule has 1 rings (SSSR count). The molecule has 0 spiro atoms. The first-order valence-corrected chi connectivity index (χ1v) is 3.23. The summed E-state index contributed by atoms with van der Waals surface area (Å²) in [6.07, 6.45) is 3.43. The van der Waals surface area contributed by atoms with E-state index in [1.165, 1.54) is 0 Å². The van der Waals surface area contributed by atoms with E-state index < -0.39 is 0 Å². The molecule has 12 heavy (non-hydrogen) atoms. The van der Waals surface area contributed by atoms with Crippen molar-refractivity contribution in [3.05, 3.63) is 42.0 Å². The molecular weight excluding hydrogens is 228 g/mol. The van der Waals surface area contributed by atoms with Crippen LogP contribution in [0.2, 0.25) is 0 Å². The monoisotopic (exact) mass is 236 g/mol. The molecule has 60 valence electrons. The number of halogens is 1. The minimum Gasteiger partial charge on any atom is -1.00 e.